The van der Waals surface area contributed by atoms with Crippen LogP contribution in [0.2, 0.25) is 0 Å². The van der Waals surface area contributed by atoms with Gasteiger partial charge in [0.2, 0.25) is 0 Å². The quantitative estimate of drug-likeness (QED) is 0.128. The van der Waals surface area contributed by atoms with Gasteiger partial charge in [-0.25, -0.2) is 13.2 Å². The average molecular weight is 485 g/mol. The summed E-state index contributed by atoms with van der Waals surface area (Å²) >= 11 is 0. The van der Waals surface area contributed by atoms with E-state index in [0.29, 0.717) is 18.1 Å². The molecule has 0 saturated carbocycles. The fraction of sp³-hybridized carbons (Fsp3) is 0.393. The van der Waals surface area contributed by atoms with Crippen molar-refractivity contribution in [1.29, 1.82) is 0 Å². The Bertz CT molecular complexity index is 1020. The number of sulfone groups is 1. The molecule has 1 atom stereocenters. The molecule has 0 saturated heterocycles. The van der Waals surface area contributed by atoms with Gasteiger partial charge in [0.1, 0.15) is 5.75 Å². The van der Waals surface area contributed by atoms with Gasteiger partial charge in [0.15, 0.2) is 9.84 Å². The molecule has 0 unspecified atom stereocenters. The number of unbranched alkanes of at least 4 members (excludes halogenated alkanes) is 3. The van der Waals surface area contributed by atoms with Crippen molar-refractivity contribution in [3.05, 3.63) is 72.3 Å². The van der Waals surface area contributed by atoms with Crippen molar-refractivity contribution in [3.63, 3.8) is 0 Å². The number of esters is 1. The minimum Gasteiger partial charge on any atom is -0.494 e. The third-order valence-corrected chi connectivity index (χ3v) is 7.51. The molecule has 0 heterocycles. The first-order valence-electron chi connectivity index (χ1n) is 11.9. The van der Waals surface area contributed by atoms with E-state index in [0.717, 1.165) is 49.0 Å². The van der Waals surface area contributed by atoms with Gasteiger partial charge in [-0.2, -0.15) is 0 Å². The summed E-state index contributed by atoms with van der Waals surface area (Å²) < 4.78 is 35.7. The summed E-state index contributed by atoms with van der Waals surface area (Å²) in [5.41, 5.74) is 1.98. The minimum atomic E-state index is -3.24. The molecule has 0 bridgehead atoms. The topological polar surface area (TPSA) is 69.7 Å². The van der Waals surface area contributed by atoms with Crippen LogP contribution in [0.15, 0.2) is 66.1 Å². The molecule has 0 radical (unpaired) electrons. The first-order chi connectivity index (χ1) is 16.3. The molecule has 0 aliphatic rings. The minimum absolute atomic E-state index is 0.150. The van der Waals surface area contributed by atoms with Crippen molar-refractivity contribution in [2.24, 2.45) is 5.92 Å². The van der Waals surface area contributed by atoms with E-state index in [1.807, 2.05) is 62.4 Å². The zero-order valence-electron chi connectivity index (χ0n) is 20.2. The van der Waals surface area contributed by atoms with Gasteiger partial charge < -0.3 is 9.47 Å². The zero-order valence-corrected chi connectivity index (χ0v) is 21.1. The Morgan fingerprint density at radius 2 is 1.47 bits per heavy atom. The maximum Gasteiger partial charge on any atom is 0.330 e. The van der Waals surface area contributed by atoms with Crippen LogP contribution in [0.5, 0.6) is 5.75 Å². The van der Waals surface area contributed by atoms with E-state index < -0.39 is 9.84 Å². The molecule has 2 rings (SSSR count). The first kappa shape index (κ1) is 27.4. The Morgan fingerprint density at radius 1 is 0.912 bits per heavy atom. The van der Waals surface area contributed by atoms with E-state index >= 15 is 0 Å². The lowest BCUT2D eigenvalue weighted by Gasteiger charge is -2.09. The van der Waals surface area contributed by atoms with Crippen LogP contribution in [0.3, 0.4) is 0 Å². The predicted octanol–water partition coefficient (Wildman–Crippen LogP) is 6.35. The fourth-order valence-electron chi connectivity index (χ4n) is 3.22. The second-order valence-electron chi connectivity index (χ2n) is 8.40. The highest BCUT2D eigenvalue weighted by atomic mass is 32.2. The van der Waals surface area contributed by atoms with Crippen molar-refractivity contribution >= 4 is 28.0 Å². The molecule has 2 aromatic rings. The van der Waals surface area contributed by atoms with Crippen molar-refractivity contribution in [2.75, 3.05) is 19.0 Å². The van der Waals surface area contributed by atoms with Gasteiger partial charge in [-0.1, -0.05) is 63.3 Å². The molecule has 0 amide bonds. The second kappa shape index (κ2) is 14.4. The van der Waals surface area contributed by atoms with Crippen LogP contribution in [0.4, 0.5) is 0 Å². The smallest absolute Gasteiger partial charge is 0.330 e. The molecule has 0 aliphatic heterocycles. The zero-order chi connectivity index (χ0) is 24.8. The van der Waals surface area contributed by atoms with Gasteiger partial charge in [0.05, 0.1) is 23.9 Å². The maximum absolute atomic E-state index is 12.5. The highest BCUT2D eigenvalue weighted by Gasteiger charge is 2.17. The van der Waals surface area contributed by atoms with Crippen LogP contribution in [0.1, 0.15) is 57.1 Å². The SMILES string of the molecule is C=CC(=O)OCCCCCCOc1ccc(C=Cc2ccc(S(=O)(=O)C[C@H](C)CC)cc2)cc1. The molecular formula is C28H36O5S. The molecule has 0 fully saturated rings. The van der Waals surface area contributed by atoms with Gasteiger partial charge in [-0.3, -0.25) is 0 Å². The van der Waals surface area contributed by atoms with Gasteiger partial charge >= 0.3 is 5.97 Å². The van der Waals surface area contributed by atoms with Crippen LogP contribution in [-0.4, -0.2) is 33.4 Å². The summed E-state index contributed by atoms with van der Waals surface area (Å²) in [4.78, 5) is 11.3. The van der Waals surface area contributed by atoms with Gasteiger partial charge in [0.25, 0.3) is 0 Å². The van der Waals surface area contributed by atoms with E-state index in [1.54, 1.807) is 12.1 Å². The Labute approximate surface area is 204 Å². The lowest BCUT2D eigenvalue weighted by molar-refractivity contribution is -0.137. The lowest BCUT2D eigenvalue weighted by atomic mass is 10.1. The van der Waals surface area contributed by atoms with Gasteiger partial charge in [-0.05, 0) is 67.0 Å². The molecule has 0 aromatic heterocycles. The van der Waals surface area contributed by atoms with Gasteiger partial charge in [0, 0.05) is 6.08 Å². The summed E-state index contributed by atoms with van der Waals surface area (Å²) in [6, 6.07) is 14.9. The second-order valence-corrected chi connectivity index (χ2v) is 10.4. The maximum atomic E-state index is 12.5. The van der Waals surface area contributed by atoms with E-state index in [4.69, 9.17) is 9.47 Å². The van der Waals surface area contributed by atoms with Crippen LogP contribution < -0.4 is 4.74 Å². The first-order valence-corrected chi connectivity index (χ1v) is 13.5. The summed E-state index contributed by atoms with van der Waals surface area (Å²) in [6.07, 6.45) is 9.78. The average Bonchev–Trinajstić information content (AvgIpc) is 2.84. The Hall–Kier alpha value is -2.86. The molecule has 0 N–H and O–H groups in total. The van der Waals surface area contributed by atoms with E-state index in [2.05, 4.69) is 6.58 Å². The van der Waals surface area contributed by atoms with Crippen molar-refractivity contribution in [3.8, 4) is 5.75 Å². The van der Waals surface area contributed by atoms with Crippen molar-refractivity contribution in [2.45, 2.75) is 50.8 Å². The van der Waals surface area contributed by atoms with E-state index in [1.165, 1.54) is 6.08 Å². The van der Waals surface area contributed by atoms with Crippen LogP contribution >= 0.6 is 0 Å². The number of carbonyl (C=O) groups is 1. The number of hydrogen-bond acceptors (Lipinski definition) is 5. The van der Waals surface area contributed by atoms with Gasteiger partial charge in [-0.15, -0.1) is 0 Å². The van der Waals surface area contributed by atoms with E-state index in [9.17, 15) is 13.2 Å². The number of ether oxygens (including phenoxy) is 2. The summed E-state index contributed by atoms with van der Waals surface area (Å²) in [7, 11) is -3.24. The summed E-state index contributed by atoms with van der Waals surface area (Å²) in [5.74, 6) is 0.785. The molecule has 2 aromatic carbocycles. The largest absolute Gasteiger partial charge is 0.494 e. The molecule has 184 valence electrons. The fourth-order valence-corrected chi connectivity index (χ4v) is 4.95. The highest BCUT2D eigenvalue weighted by Crippen LogP contribution is 2.19. The Kier molecular flexibility index (Phi) is 11.6. The Morgan fingerprint density at radius 3 is 2.03 bits per heavy atom. The van der Waals surface area contributed by atoms with Crippen LogP contribution in [0, 0.1) is 5.92 Å². The third-order valence-electron chi connectivity index (χ3n) is 5.51. The van der Waals surface area contributed by atoms with Crippen LogP contribution in [-0.2, 0) is 19.4 Å². The van der Waals surface area contributed by atoms with Crippen LogP contribution in [0.25, 0.3) is 12.2 Å². The monoisotopic (exact) mass is 484 g/mol. The molecule has 34 heavy (non-hydrogen) atoms. The predicted molar refractivity (Wildman–Crippen MR) is 138 cm³/mol. The van der Waals surface area contributed by atoms with Crippen molar-refractivity contribution in [1.82, 2.24) is 0 Å². The molecule has 5 nitrogen and oxygen atoms in total. The number of carbonyl (C=O) groups excluding carboxylic acids is 1. The summed E-state index contributed by atoms with van der Waals surface area (Å²) in [6.45, 7) is 8.41. The summed E-state index contributed by atoms with van der Waals surface area (Å²) in [5, 5.41) is 0. The highest BCUT2D eigenvalue weighted by molar-refractivity contribution is 7.91. The number of benzene rings is 2. The number of rotatable bonds is 15. The molecule has 6 heteroatoms. The lowest BCUT2D eigenvalue weighted by Crippen LogP contribution is -2.13. The van der Waals surface area contributed by atoms with Crippen molar-refractivity contribution < 1.29 is 22.7 Å². The third kappa shape index (κ3) is 9.96. The molecular weight excluding hydrogens is 448 g/mol. The standard InChI is InChI=1S/C28H36O5S/c1-4-23(3)22-34(30,31)27-18-14-25(15-19-27)11-10-24-12-16-26(17-13-24)32-20-8-6-7-9-21-33-28(29)5-2/h5,10-19,23H,2,4,6-9,20-22H2,1,3H3/t23-/m1/s1. The molecule has 0 aliphatic carbocycles. The number of hydrogen-bond donors (Lipinski definition) is 0. The normalized spacial score (nSPS) is 12.4. The Balaban J connectivity index is 1.74. The van der Waals surface area contributed by atoms with E-state index in [-0.39, 0.29) is 17.6 Å². The molecule has 0 spiro atoms.